The Kier molecular flexibility index (Phi) is 6.96. The number of halogens is 1. The molecule has 1 heterocycles. The highest BCUT2D eigenvalue weighted by Crippen LogP contribution is 2.32. The van der Waals surface area contributed by atoms with Gasteiger partial charge in [0.1, 0.15) is 18.2 Å². The maximum atomic E-state index is 13.3. The Balaban J connectivity index is 1.42. The van der Waals surface area contributed by atoms with Gasteiger partial charge in [-0.15, -0.1) is 0 Å². The van der Waals surface area contributed by atoms with Crippen LogP contribution in [0, 0.1) is 6.92 Å². The van der Waals surface area contributed by atoms with Crippen LogP contribution in [0.3, 0.4) is 0 Å². The van der Waals surface area contributed by atoms with Crippen LogP contribution in [0.2, 0.25) is 5.02 Å². The smallest absolute Gasteiger partial charge is 0.282 e. The molecule has 1 fully saturated rings. The van der Waals surface area contributed by atoms with Crippen molar-refractivity contribution in [1.29, 1.82) is 0 Å². The molecule has 0 radical (unpaired) electrons. The van der Waals surface area contributed by atoms with Crippen molar-refractivity contribution in [2.75, 3.05) is 0 Å². The zero-order chi connectivity index (χ0) is 24.2. The van der Waals surface area contributed by atoms with Crippen LogP contribution in [0.5, 0.6) is 5.75 Å². The Morgan fingerprint density at radius 2 is 1.89 bits per heavy atom. The topological polar surface area (TPSA) is 56.5 Å². The Morgan fingerprint density at radius 3 is 2.69 bits per heavy atom. The first-order valence-electron chi connectivity index (χ1n) is 12.1. The van der Waals surface area contributed by atoms with Gasteiger partial charge in [-0.3, -0.25) is 4.79 Å². The molecule has 4 aromatic rings. The lowest BCUT2D eigenvalue weighted by Gasteiger charge is -2.22. The molecule has 5 nitrogen and oxygen atoms in total. The van der Waals surface area contributed by atoms with E-state index in [0.717, 1.165) is 48.2 Å². The lowest BCUT2D eigenvalue weighted by atomic mass is 9.88. The Hall–Kier alpha value is -3.44. The zero-order valence-electron chi connectivity index (χ0n) is 19.8. The first-order valence-corrected chi connectivity index (χ1v) is 12.5. The Labute approximate surface area is 210 Å². The number of fused-ring (bicyclic) bond motifs is 1. The average Bonchev–Trinajstić information content (AvgIpc) is 2.88. The fraction of sp³-hybridized carbons (Fsp3) is 0.276. The summed E-state index contributed by atoms with van der Waals surface area (Å²) in [6.07, 6.45) is 7.25. The van der Waals surface area contributed by atoms with Crippen molar-refractivity contribution in [2.45, 2.75) is 51.6 Å². The number of hydrogen-bond donors (Lipinski definition) is 0. The minimum Gasteiger partial charge on any atom is -0.487 e. The third-order valence-electron chi connectivity index (χ3n) is 6.50. The quantitative estimate of drug-likeness (QED) is 0.280. The number of aromatic nitrogens is 2. The van der Waals surface area contributed by atoms with Crippen molar-refractivity contribution in [3.63, 3.8) is 0 Å². The predicted octanol–water partition coefficient (Wildman–Crippen LogP) is 6.87. The van der Waals surface area contributed by atoms with Gasteiger partial charge < -0.3 is 4.74 Å². The largest absolute Gasteiger partial charge is 0.487 e. The lowest BCUT2D eigenvalue weighted by molar-refractivity contribution is 0.306. The van der Waals surface area contributed by atoms with Gasteiger partial charge in [-0.05, 0) is 61.2 Å². The van der Waals surface area contributed by atoms with E-state index in [4.69, 9.17) is 21.3 Å². The van der Waals surface area contributed by atoms with Crippen LogP contribution in [0.1, 0.15) is 60.5 Å². The fourth-order valence-electron chi connectivity index (χ4n) is 4.68. The van der Waals surface area contributed by atoms with Crippen LogP contribution in [0.4, 0.5) is 0 Å². The summed E-state index contributed by atoms with van der Waals surface area (Å²) in [5, 5.41) is 5.66. The summed E-state index contributed by atoms with van der Waals surface area (Å²) < 4.78 is 7.40. The lowest BCUT2D eigenvalue weighted by Crippen LogP contribution is -2.25. The molecule has 1 aliphatic carbocycles. The fourth-order valence-corrected chi connectivity index (χ4v) is 4.92. The number of aryl methyl sites for hydroxylation is 1. The van der Waals surface area contributed by atoms with E-state index in [0.29, 0.717) is 22.8 Å². The van der Waals surface area contributed by atoms with Crippen LogP contribution in [0.25, 0.3) is 10.9 Å². The van der Waals surface area contributed by atoms with E-state index in [1.54, 1.807) is 18.3 Å². The Bertz CT molecular complexity index is 1440. The van der Waals surface area contributed by atoms with Gasteiger partial charge in [-0.25, -0.2) is 4.98 Å². The first-order chi connectivity index (χ1) is 17.1. The molecule has 0 bridgehead atoms. The third kappa shape index (κ3) is 5.30. The van der Waals surface area contributed by atoms with Gasteiger partial charge in [0.25, 0.3) is 5.56 Å². The summed E-state index contributed by atoms with van der Waals surface area (Å²) in [4.78, 5) is 18.2. The minimum atomic E-state index is -0.142. The van der Waals surface area contributed by atoms with E-state index in [9.17, 15) is 4.79 Å². The van der Waals surface area contributed by atoms with E-state index in [2.05, 4.69) is 24.2 Å². The van der Waals surface area contributed by atoms with E-state index >= 15 is 0 Å². The van der Waals surface area contributed by atoms with Crippen LogP contribution in [0.15, 0.2) is 76.6 Å². The number of ether oxygens (including phenoxy) is 1. The van der Waals surface area contributed by atoms with Crippen molar-refractivity contribution in [3.8, 4) is 5.75 Å². The standard InChI is InChI=1S/C29H28ClN3O2/c1-20-8-7-9-22(16-20)19-35-27-15-14-21(17-25(27)30)18-31-33-28(23-10-3-2-4-11-23)32-26-13-6-5-12-24(26)29(33)34/h5-9,12-18,23H,2-4,10-11,19H2,1H3. The highest BCUT2D eigenvalue weighted by Gasteiger charge is 2.22. The van der Waals surface area contributed by atoms with Crippen molar-refractivity contribution in [2.24, 2.45) is 5.10 Å². The van der Waals surface area contributed by atoms with Crippen molar-refractivity contribution >= 4 is 28.7 Å². The summed E-state index contributed by atoms with van der Waals surface area (Å²) in [6, 6.07) is 21.2. The molecule has 5 rings (SSSR count). The third-order valence-corrected chi connectivity index (χ3v) is 6.80. The van der Waals surface area contributed by atoms with E-state index in [-0.39, 0.29) is 11.5 Å². The highest BCUT2D eigenvalue weighted by atomic mass is 35.5. The molecule has 0 spiro atoms. The first kappa shape index (κ1) is 23.3. The maximum absolute atomic E-state index is 13.3. The molecular formula is C29H28ClN3O2. The van der Waals surface area contributed by atoms with Crippen LogP contribution < -0.4 is 10.3 Å². The second kappa shape index (κ2) is 10.4. The summed E-state index contributed by atoms with van der Waals surface area (Å²) in [6.45, 7) is 2.50. The van der Waals surface area contributed by atoms with Gasteiger partial charge in [-0.1, -0.05) is 72.8 Å². The number of para-hydroxylation sites is 1. The molecule has 6 heteroatoms. The number of hydrogen-bond acceptors (Lipinski definition) is 4. The Morgan fingerprint density at radius 1 is 1.06 bits per heavy atom. The zero-order valence-corrected chi connectivity index (χ0v) is 20.5. The average molecular weight is 486 g/mol. The minimum absolute atomic E-state index is 0.142. The summed E-state index contributed by atoms with van der Waals surface area (Å²) in [7, 11) is 0. The number of benzene rings is 3. The van der Waals surface area contributed by atoms with Crippen LogP contribution in [-0.4, -0.2) is 15.9 Å². The highest BCUT2D eigenvalue weighted by molar-refractivity contribution is 6.32. The summed E-state index contributed by atoms with van der Waals surface area (Å²) in [5.74, 6) is 1.59. The van der Waals surface area contributed by atoms with Gasteiger partial charge in [0.2, 0.25) is 0 Å². The van der Waals surface area contributed by atoms with Gasteiger partial charge >= 0.3 is 0 Å². The molecule has 0 unspecified atom stereocenters. The number of nitrogens with zero attached hydrogens (tertiary/aromatic N) is 3. The predicted molar refractivity (Wildman–Crippen MR) is 142 cm³/mol. The molecule has 1 saturated carbocycles. The molecule has 1 aliphatic rings. The van der Waals surface area contributed by atoms with E-state index < -0.39 is 0 Å². The van der Waals surface area contributed by atoms with E-state index in [1.807, 2.05) is 42.5 Å². The molecule has 0 atom stereocenters. The molecule has 178 valence electrons. The number of rotatable bonds is 6. The van der Waals surface area contributed by atoms with E-state index in [1.165, 1.54) is 16.7 Å². The molecule has 1 aromatic heterocycles. The molecule has 0 aliphatic heterocycles. The molecule has 0 saturated heterocycles. The molecule has 35 heavy (non-hydrogen) atoms. The second-order valence-corrected chi connectivity index (χ2v) is 9.56. The second-order valence-electron chi connectivity index (χ2n) is 9.15. The van der Waals surface area contributed by atoms with Crippen molar-refractivity contribution in [3.05, 3.63) is 105 Å². The SMILES string of the molecule is Cc1cccc(COc2ccc(C=Nn3c(C4CCCCC4)nc4ccccc4c3=O)cc2Cl)c1. The maximum Gasteiger partial charge on any atom is 0.282 e. The summed E-state index contributed by atoms with van der Waals surface area (Å²) >= 11 is 6.50. The molecule has 0 amide bonds. The van der Waals surface area contributed by atoms with Gasteiger partial charge in [0.15, 0.2) is 0 Å². The van der Waals surface area contributed by atoms with Crippen molar-refractivity contribution < 1.29 is 4.74 Å². The normalized spacial score (nSPS) is 14.6. The molecule has 3 aromatic carbocycles. The van der Waals surface area contributed by atoms with Crippen LogP contribution in [-0.2, 0) is 6.61 Å². The molecular weight excluding hydrogens is 458 g/mol. The van der Waals surface area contributed by atoms with Gasteiger partial charge in [-0.2, -0.15) is 9.78 Å². The molecule has 0 N–H and O–H groups in total. The monoisotopic (exact) mass is 485 g/mol. The van der Waals surface area contributed by atoms with Crippen LogP contribution >= 0.6 is 11.6 Å². The van der Waals surface area contributed by atoms with Gasteiger partial charge in [0, 0.05) is 5.92 Å². The van der Waals surface area contributed by atoms with Crippen molar-refractivity contribution in [1.82, 2.24) is 9.66 Å². The van der Waals surface area contributed by atoms with Gasteiger partial charge in [0.05, 0.1) is 22.1 Å². The summed E-state index contributed by atoms with van der Waals surface area (Å²) in [5.41, 5.74) is 3.65.